The van der Waals surface area contributed by atoms with E-state index in [9.17, 15) is 4.79 Å². The highest BCUT2D eigenvalue weighted by atomic mass is 16.1. The molecule has 0 aromatic rings. The first-order valence-corrected chi connectivity index (χ1v) is 13.2. The zero-order valence-corrected chi connectivity index (χ0v) is 21.3. The summed E-state index contributed by atoms with van der Waals surface area (Å²) in [5, 5.41) is 0. The summed E-state index contributed by atoms with van der Waals surface area (Å²) in [5.41, 5.74) is 2.68. The third-order valence-electron chi connectivity index (χ3n) is 12.8. The molecule has 0 radical (unpaired) electrons. The molecule has 0 spiro atoms. The van der Waals surface area contributed by atoms with Gasteiger partial charge in [0.1, 0.15) is 0 Å². The van der Waals surface area contributed by atoms with E-state index in [2.05, 4.69) is 61.1 Å². The number of rotatable bonds is 1. The first-order valence-electron chi connectivity index (χ1n) is 13.2. The largest absolute Gasteiger partial charge is 0.294 e. The minimum atomic E-state index is -0.218. The Morgan fingerprint density at radius 1 is 0.871 bits per heavy atom. The highest BCUT2D eigenvalue weighted by molar-refractivity contribution is 5.95. The van der Waals surface area contributed by atoms with E-state index >= 15 is 0 Å². The number of allylic oxidation sites excluding steroid dienone is 3. The second-order valence-corrected chi connectivity index (χ2v) is 14.1. The number of ketones is 1. The van der Waals surface area contributed by atoms with Crippen molar-refractivity contribution in [1.29, 1.82) is 0 Å². The van der Waals surface area contributed by atoms with Gasteiger partial charge in [0.25, 0.3) is 0 Å². The lowest BCUT2D eigenvalue weighted by Gasteiger charge is -2.71. The van der Waals surface area contributed by atoms with Crippen LogP contribution in [-0.4, -0.2) is 5.78 Å². The lowest BCUT2D eigenvalue weighted by Crippen LogP contribution is -2.65. The zero-order valence-electron chi connectivity index (χ0n) is 21.3. The summed E-state index contributed by atoms with van der Waals surface area (Å²) in [7, 11) is 0. The van der Waals surface area contributed by atoms with Crippen molar-refractivity contribution in [1.82, 2.24) is 0 Å². The van der Waals surface area contributed by atoms with E-state index in [0.29, 0.717) is 33.9 Å². The summed E-state index contributed by atoms with van der Waals surface area (Å²) in [6, 6.07) is 0. The Bertz CT molecular complexity index is 848. The predicted octanol–water partition coefficient (Wildman–Crippen LogP) is 8.01. The number of hydrogen-bond donors (Lipinski definition) is 0. The number of carbonyl (C=O) groups excluding carboxylic acids is 1. The van der Waals surface area contributed by atoms with E-state index in [-0.39, 0.29) is 10.8 Å². The fraction of sp³-hybridized carbons (Fsp3) is 0.833. The first-order chi connectivity index (χ1) is 14.3. The maximum Gasteiger partial charge on any atom is 0.161 e. The van der Waals surface area contributed by atoms with Gasteiger partial charge in [-0.05, 0) is 116 Å². The first kappa shape index (κ1) is 22.0. The van der Waals surface area contributed by atoms with Crippen LogP contribution in [0.25, 0.3) is 0 Å². The minimum Gasteiger partial charge on any atom is -0.294 e. The van der Waals surface area contributed by atoms with Gasteiger partial charge in [-0.3, -0.25) is 4.79 Å². The average molecular weight is 423 g/mol. The van der Waals surface area contributed by atoms with Crippen molar-refractivity contribution in [2.24, 2.45) is 56.7 Å². The SMILES string of the molecule is C=C(C)[C@H]1CC[C@@]2(C)CC[C@@]3(C)[C@@H](CC[C@H]4[C@]5(C)C=CC(=O)C(C)(C)[C@H]5CC[C@@]43C)[C@H]12. The van der Waals surface area contributed by atoms with Crippen LogP contribution >= 0.6 is 0 Å². The van der Waals surface area contributed by atoms with Gasteiger partial charge in [0.15, 0.2) is 5.78 Å². The molecule has 4 saturated carbocycles. The summed E-state index contributed by atoms with van der Waals surface area (Å²) in [6.07, 6.45) is 15.1. The molecule has 0 aliphatic heterocycles. The number of carbonyl (C=O) groups is 1. The van der Waals surface area contributed by atoms with Crippen molar-refractivity contribution in [3.8, 4) is 0 Å². The zero-order chi connectivity index (χ0) is 22.6. The van der Waals surface area contributed by atoms with Crippen molar-refractivity contribution in [2.75, 3.05) is 0 Å². The van der Waals surface area contributed by atoms with Crippen molar-refractivity contribution in [3.63, 3.8) is 0 Å². The van der Waals surface area contributed by atoms with E-state index < -0.39 is 0 Å². The molecule has 4 fully saturated rings. The molecule has 5 rings (SSSR count). The maximum atomic E-state index is 12.8. The fourth-order valence-electron chi connectivity index (χ4n) is 10.8. The molecule has 31 heavy (non-hydrogen) atoms. The Labute approximate surface area is 191 Å². The monoisotopic (exact) mass is 422 g/mol. The van der Waals surface area contributed by atoms with Gasteiger partial charge >= 0.3 is 0 Å². The maximum absolute atomic E-state index is 12.8. The van der Waals surface area contributed by atoms with Gasteiger partial charge in [-0.2, -0.15) is 0 Å². The van der Waals surface area contributed by atoms with Gasteiger partial charge in [0.2, 0.25) is 0 Å². The van der Waals surface area contributed by atoms with E-state index in [1.807, 2.05) is 6.08 Å². The van der Waals surface area contributed by atoms with Crippen LogP contribution in [0.4, 0.5) is 0 Å². The predicted molar refractivity (Wildman–Crippen MR) is 130 cm³/mol. The summed E-state index contributed by atoms with van der Waals surface area (Å²) in [5.74, 6) is 3.91. The molecule has 0 amide bonds. The average Bonchev–Trinajstić information content (AvgIpc) is 3.04. The van der Waals surface area contributed by atoms with Crippen LogP contribution in [0.15, 0.2) is 24.3 Å². The molecular formula is C30H46O. The van der Waals surface area contributed by atoms with Crippen molar-refractivity contribution in [2.45, 2.75) is 99.8 Å². The van der Waals surface area contributed by atoms with E-state index in [4.69, 9.17) is 0 Å². The van der Waals surface area contributed by atoms with Gasteiger partial charge in [0.05, 0.1) is 0 Å². The van der Waals surface area contributed by atoms with Gasteiger partial charge in [0, 0.05) is 5.41 Å². The summed E-state index contributed by atoms with van der Waals surface area (Å²) >= 11 is 0. The van der Waals surface area contributed by atoms with Crippen LogP contribution in [0.2, 0.25) is 0 Å². The highest BCUT2D eigenvalue weighted by Gasteiger charge is 2.69. The Kier molecular flexibility index (Phi) is 4.52. The summed E-state index contributed by atoms with van der Waals surface area (Å²) in [6.45, 7) is 21.7. The fourth-order valence-corrected chi connectivity index (χ4v) is 10.8. The molecule has 0 N–H and O–H groups in total. The number of fused-ring (bicyclic) bond motifs is 7. The molecule has 0 aromatic carbocycles. The molecule has 0 saturated heterocycles. The standard InChI is InChI=1S/C30H46O/c1-19(2)20-11-14-27(5)17-18-29(7)21(25(20)27)9-10-23-28(6)15-13-24(31)26(3,4)22(28)12-16-30(23,29)8/h13,15,20-23,25H,1,9-12,14,16-18H2,2-8H3/t20-,21+,22-,23+,25+,27+,28-,29+,30+/m1/s1. The Morgan fingerprint density at radius 3 is 2.26 bits per heavy atom. The molecule has 0 heterocycles. The van der Waals surface area contributed by atoms with E-state index in [1.54, 1.807) is 0 Å². The molecular weight excluding hydrogens is 376 g/mol. The lowest BCUT2D eigenvalue weighted by molar-refractivity contribution is -0.216. The minimum absolute atomic E-state index is 0.155. The van der Waals surface area contributed by atoms with E-state index in [0.717, 1.165) is 17.8 Å². The third-order valence-corrected chi connectivity index (χ3v) is 12.8. The van der Waals surface area contributed by atoms with Crippen molar-refractivity contribution >= 4 is 5.78 Å². The summed E-state index contributed by atoms with van der Waals surface area (Å²) in [4.78, 5) is 12.8. The quantitative estimate of drug-likeness (QED) is 0.391. The Morgan fingerprint density at radius 2 is 1.58 bits per heavy atom. The van der Waals surface area contributed by atoms with Crippen LogP contribution in [0.5, 0.6) is 0 Å². The van der Waals surface area contributed by atoms with Crippen molar-refractivity contribution in [3.05, 3.63) is 24.3 Å². The summed E-state index contributed by atoms with van der Waals surface area (Å²) < 4.78 is 0. The van der Waals surface area contributed by atoms with Crippen LogP contribution in [0, 0.1) is 56.7 Å². The number of hydrogen-bond acceptors (Lipinski definition) is 1. The highest BCUT2D eigenvalue weighted by Crippen LogP contribution is 2.76. The molecule has 172 valence electrons. The molecule has 0 bridgehead atoms. The molecule has 9 atom stereocenters. The van der Waals surface area contributed by atoms with Gasteiger partial charge < -0.3 is 0 Å². The molecule has 5 aliphatic carbocycles. The molecule has 0 unspecified atom stereocenters. The lowest BCUT2D eigenvalue weighted by atomic mass is 9.33. The smallest absolute Gasteiger partial charge is 0.161 e. The second kappa shape index (κ2) is 6.38. The van der Waals surface area contributed by atoms with E-state index in [1.165, 1.54) is 56.9 Å². The van der Waals surface area contributed by atoms with Gasteiger partial charge in [-0.15, -0.1) is 0 Å². The second-order valence-electron chi connectivity index (χ2n) is 14.1. The van der Waals surface area contributed by atoms with Gasteiger partial charge in [-0.1, -0.05) is 59.8 Å². The van der Waals surface area contributed by atoms with Crippen LogP contribution in [0.3, 0.4) is 0 Å². The van der Waals surface area contributed by atoms with Crippen LogP contribution in [0.1, 0.15) is 99.8 Å². The topological polar surface area (TPSA) is 17.1 Å². The molecule has 1 heteroatoms. The Hall–Kier alpha value is -0.850. The molecule has 5 aliphatic rings. The molecule has 0 aromatic heterocycles. The molecule has 1 nitrogen and oxygen atoms in total. The van der Waals surface area contributed by atoms with Gasteiger partial charge in [-0.25, -0.2) is 0 Å². The van der Waals surface area contributed by atoms with Crippen LogP contribution in [-0.2, 0) is 4.79 Å². The normalized spacial score (nSPS) is 55.1. The Balaban J connectivity index is 1.57. The van der Waals surface area contributed by atoms with Crippen molar-refractivity contribution < 1.29 is 4.79 Å². The van der Waals surface area contributed by atoms with Crippen LogP contribution < -0.4 is 0 Å². The third kappa shape index (κ3) is 2.53.